The second kappa shape index (κ2) is 9.30. The van der Waals surface area contributed by atoms with Gasteiger partial charge in [-0.15, -0.1) is 0 Å². The Bertz CT molecular complexity index is 1250. The Morgan fingerprint density at radius 3 is 1.97 bits per heavy atom. The Morgan fingerprint density at radius 2 is 1.39 bits per heavy atom. The van der Waals surface area contributed by atoms with Gasteiger partial charge in [0.05, 0.1) is 0 Å². The standard InChI is InChI=1S/C24H13Br2F5O2/c25-13-7-21(33-17-6-2-4-15(28)9-17)23(30)24(31,12-13)22-19(26)10-18(11-20(22)29)32-16-5-1-3-14(27)8-16/h1-12,23H. The molecule has 0 spiro atoms. The fourth-order valence-electron chi connectivity index (χ4n) is 3.32. The third-order valence-corrected chi connectivity index (χ3v) is 5.79. The number of ether oxygens (including phenoxy) is 2. The third-order valence-electron chi connectivity index (χ3n) is 4.71. The molecule has 0 aromatic heterocycles. The summed E-state index contributed by atoms with van der Waals surface area (Å²) in [6.45, 7) is 0. The lowest BCUT2D eigenvalue weighted by Crippen LogP contribution is -2.37. The molecule has 0 aliphatic heterocycles. The summed E-state index contributed by atoms with van der Waals surface area (Å²) in [5.41, 5.74) is -3.61. The lowest BCUT2D eigenvalue weighted by atomic mass is 9.86. The van der Waals surface area contributed by atoms with E-state index in [9.17, 15) is 8.78 Å². The first-order valence-corrected chi connectivity index (χ1v) is 11.0. The summed E-state index contributed by atoms with van der Waals surface area (Å²) >= 11 is 6.18. The van der Waals surface area contributed by atoms with Gasteiger partial charge < -0.3 is 9.47 Å². The quantitative estimate of drug-likeness (QED) is 0.279. The summed E-state index contributed by atoms with van der Waals surface area (Å²) in [6.07, 6.45) is -0.407. The summed E-state index contributed by atoms with van der Waals surface area (Å²) in [7, 11) is 0. The molecule has 33 heavy (non-hydrogen) atoms. The van der Waals surface area contributed by atoms with Gasteiger partial charge in [-0.05, 0) is 42.5 Å². The highest BCUT2D eigenvalue weighted by Crippen LogP contribution is 2.47. The average Bonchev–Trinajstić information content (AvgIpc) is 2.71. The second-order valence-electron chi connectivity index (χ2n) is 7.09. The molecular formula is C24H13Br2F5O2. The van der Waals surface area contributed by atoms with Gasteiger partial charge in [-0.3, -0.25) is 0 Å². The van der Waals surface area contributed by atoms with Crippen LogP contribution in [0.15, 0.2) is 87.5 Å². The number of halogens is 7. The Balaban J connectivity index is 1.67. The zero-order valence-corrected chi connectivity index (χ0v) is 19.6. The first-order valence-electron chi connectivity index (χ1n) is 9.45. The van der Waals surface area contributed by atoms with Crippen molar-refractivity contribution in [1.29, 1.82) is 0 Å². The van der Waals surface area contributed by atoms with Gasteiger partial charge in [-0.2, -0.15) is 0 Å². The van der Waals surface area contributed by atoms with E-state index in [0.29, 0.717) is 0 Å². The molecule has 0 fully saturated rings. The van der Waals surface area contributed by atoms with E-state index in [4.69, 9.17) is 9.47 Å². The van der Waals surface area contributed by atoms with Gasteiger partial charge in [0.1, 0.15) is 40.5 Å². The summed E-state index contributed by atoms with van der Waals surface area (Å²) < 4.78 is 84.2. The number of benzene rings is 3. The zero-order chi connectivity index (χ0) is 23.8. The smallest absolute Gasteiger partial charge is 0.199 e. The number of hydrogen-bond donors (Lipinski definition) is 0. The van der Waals surface area contributed by atoms with Crippen LogP contribution in [0.3, 0.4) is 0 Å². The van der Waals surface area contributed by atoms with E-state index in [1.807, 2.05) is 0 Å². The fraction of sp³-hybridized carbons (Fsp3) is 0.0833. The normalized spacial score (nSPS) is 20.2. The SMILES string of the molecule is Fc1cccc(OC2=CC(Br)=CC(F)(c3c(F)cc(Oc4cccc(F)c4)cc3Br)C2F)c1. The van der Waals surface area contributed by atoms with Crippen LogP contribution in [0.5, 0.6) is 17.2 Å². The fourth-order valence-corrected chi connectivity index (χ4v) is 4.60. The molecule has 0 saturated carbocycles. The van der Waals surface area contributed by atoms with Crippen molar-refractivity contribution < 1.29 is 31.4 Å². The van der Waals surface area contributed by atoms with Gasteiger partial charge in [0.25, 0.3) is 0 Å². The first-order chi connectivity index (χ1) is 15.7. The average molecular weight is 588 g/mol. The molecular weight excluding hydrogens is 575 g/mol. The number of alkyl halides is 2. The molecule has 3 aromatic carbocycles. The molecule has 170 valence electrons. The minimum Gasteiger partial charge on any atom is -0.458 e. The van der Waals surface area contributed by atoms with Crippen molar-refractivity contribution in [3.05, 3.63) is 111 Å². The van der Waals surface area contributed by atoms with E-state index in [-0.39, 0.29) is 26.2 Å². The maximum absolute atomic E-state index is 16.1. The molecule has 1 aliphatic carbocycles. The van der Waals surface area contributed by atoms with Crippen molar-refractivity contribution in [3.63, 3.8) is 0 Å². The van der Waals surface area contributed by atoms with Crippen molar-refractivity contribution in [2.45, 2.75) is 11.8 Å². The van der Waals surface area contributed by atoms with Crippen molar-refractivity contribution in [2.24, 2.45) is 0 Å². The van der Waals surface area contributed by atoms with E-state index in [1.165, 1.54) is 48.5 Å². The Kier molecular flexibility index (Phi) is 6.63. The molecule has 0 N–H and O–H groups in total. The van der Waals surface area contributed by atoms with Gasteiger partial charge in [0, 0.05) is 32.7 Å². The highest BCUT2D eigenvalue weighted by atomic mass is 79.9. The van der Waals surface area contributed by atoms with E-state index in [2.05, 4.69) is 31.9 Å². The number of allylic oxidation sites excluding steroid dienone is 4. The van der Waals surface area contributed by atoms with Crippen molar-refractivity contribution in [2.75, 3.05) is 0 Å². The molecule has 0 amide bonds. The minimum absolute atomic E-state index is 0.0492. The summed E-state index contributed by atoms with van der Waals surface area (Å²) in [5.74, 6) is -2.77. The molecule has 3 aromatic rings. The van der Waals surface area contributed by atoms with E-state index >= 15 is 13.2 Å². The monoisotopic (exact) mass is 586 g/mol. The predicted octanol–water partition coefficient (Wildman–Crippen LogP) is 8.42. The van der Waals surface area contributed by atoms with Crippen molar-refractivity contribution in [1.82, 2.24) is 0 Å². The van der Waals surface area contributed by atoms with Crippen molar-refractivity contribution in [3.8, 4) is 17.2 Å². The van der Waals surface area contributed by atoms with Crippen molar-refractivity contribution >= 4 is 31.9 Å². The number of rotatable bonds is 5. The van der Waals surface area contributed by atoms with Crippen LogP contribution in [0.1, 0.15) is 5.56 Å². The molecule has 4 rings (SSSR count). The maximum atomic E-state index is 16.1. The Morgan fingerprint density at radius 1 is 0.788 bits per heavy atom. The zero-order valence-electron chi connectivity index (χ0n) is 16.5. The lowest BCUT2D eigenvalue weighted by Gasteiger charge is -2.32. The van der Waals surface area contributed by atoms with Crippen LogP contribution in [0.4, 0.5) is 22.0 Å². The molecule has 0 bridgehead atoms. The Hall–Kier alpha value is -2.65. The van der Waals surface area contributed by atoms with Crippen LogP contribution in [-0.2, 0) is 5.67 Å². The van der Waals surface area contributed by atoms with Gasteiger partial charge in [-0.25, -0.2) is 22.0 Å². The Labute approximate surface area is 202 Å². The van der Waals surface area contributed by atoms with Crippen LogP contribution in [0, 0.1) is 17.5 Å². The second-order valence-corrected chi connectivity index (χ2v) is 8.86. The van der Waals surface area contributed by atoms with Crippen LogP contribution in [0.2, 0.25) is 0 Å². The van der Waals surface area contributed by atoms with E-state index in [1.54, 1.807) is 0 Å². The molecule has 9 heteroatoms. The van der Waals surface area contributed by atoms with Gasteiger partial charge >= 0.3 is 0 Å². The maximum Gasteiger partial charge on any atom is 0.199 e. The molecule has 0 radical (unpaired) electrons. The molecule has 0 saturated heterocycles. The summed E-state index contributed by atoms with van der Waals surface area (Å²) in [6, 6.07) is 12.2. The molecule has 2 unspecified atom stereocenters. The molecule has 0 heterocycles. The van der Waals surface area contributed by atoms with Gasteiger partial charge in [0.15, 0.2) is 11.8 Å². The highest BCUT2D eigenvalue weighted by molar-refractivity contribution is 9.12. The first kappa shape index (κ1) is 23.5. The third kappa shape index (κ3) is 4.99. The molecule has 1 aliphatic rings. The van der Waals surface area contributed by atoms with E-state index in [0.717, 1.165) is 24.3 Å². The van der Waals surface area contributed by atoms with Gasteiger partial charge in [-0.1, -0.05) is 44.0 Å². The summed E-state index contributed by atoms with van der Waals surface area (Å²) in [4.78, 5) is 0. The molecule has 2 atom stereocenters. The highest BCUT2D eigenvalue weighted by Gasteiger charge is 2.48. The topological polar surface area (TPSA) is 18.5 Å². The number of hydrogen-bond acceptors (Lipinski definition) is 2. The van der Waals surface area contributed by atoms with Crippen LogP contribution in [0.25, 0.3) is 0 Å². The lowest BCUT2D eigenvalue weighted by molar-refractivity contribution is 0.0833. The predicted molar refractivity (Wildman–Crippen MR) is 120 cm³/mol. The van der Waals surface area contributed by atoms with Crippen LogP contribution in [-0.4, -0.2) is 6.17 Å². The largest absolute Gasteiger partial charge is 0.458 e. The minimum atomic E-state index is -2.98. The van der Waals surface area contributed by atoms with Crippen LogP contribution >= 0.6 is 31.9 Å². The summed E-state index contributed by atoms with van der Waals surface area (Å²) in [5, 5.41) is 0. The van der Waals surface area contributed by atoms with Gasteiger partial charge in [0.2, 0.25) is 0 Å². The van der Waals surface area contributed by atoms with Crippen LogP contribution < -0.4 is 9.47 Å². The molecule has 2 nitrogen and oxygen atoms in total. The van der Waals surface area contributed by atoms with E-state index < -0.39 is 40.6 Å².